The van der Waals surface area contributed by atoms with E-state index in [0.717, 1.165) is 35.8 Å². The number of nitrogens with zero attached hydrogens (tertiary/aromatic N) is 1. The van der Waals surface area contributed by atoms with Crippen molar-refractivity contribution in [1.82, 2.24) is 9.62 Å². The molecule has 2 unspecified atom stereocenters. The van der Waals surface area contributed by atoms with Gasteiger partial charge in [-0.3, -0.25) is 4.79 Å². The highest BCUT2D eigenvalue weighted by molar-refractivity contribution is 7.88. The van der Waals surface area contributed by atoms with Crippen molar-refractivity contribution in [1.29, 1.82) is 0 Å². The van der Waals surface area contributed by atoms with Gasteiger partial charge in [-0.25, -0.2) is 17.5 Å². The number of likely N-dealkylation sites (tertiary alicyclic amines) is 1. The fourth-order valence-corrected chi connectivity index (χ4v) is 5.00. The SMILES string of the molecule is CCCC(=O)N1CCCC(NS(C)(=O)=O)C1Cc1cccc(-c2cccc(F)c2)c1. The molecule has 162 valence electrons. The van der Waals surface area contributed by atoms with Gasteiger partial charge >= 0.3 is 0 Å². The van der Waals surface area contributed by atoms with Crippen LogP contribution in [0.2, 0.25) is 0 Å². The lowest BCUT2D eigenvalue weighted by molar-refractivity contribution is -0.135. The van der Waals surface area contributed by atoms with E-state index in [4.69, 9.17) is 0 Å². The van der Waals surface area contributed by atoms with E-state index < -0.39 is 10.0 Å². The van der Waals surface area contributed by atoms with Crippen LogP contribution in [0.4, 0.5) is 4.39 Å². The van der Waals surface area contributed by atoms with E-state index in [-0.39, 0.29) is 23.8 Å². The number of halogens is 1. The summed E-state index contributed by atoms with van der Waals surface area (Å²) in [6.45, 7) is 2.60. The molecule has 5 nitrogen and oxygen atoms in total. The van der Waals surface area contributed by atoms with E-state index >= 15 is 0 Å². The third-order valence-electron chi connectivity index (χ3n) is 5.46. The number of piperidine rings is 1. The van der Waals surface area contributed by atoms with Crippen molar-refractivity contribution in [3.63, 3.8) is 0 Å². The molecule has 0 radical (unpaired) electrons. The van der Waals surface area contributed by atoms with Gasteiger partial charge in [-0.2, -0.15) is 0 Å². The van der Waals surface area contributed by atoms with Crippen LogP contribution in [-0.4, -0.2) is 44.1 Å². The highest BCUT2D eigenvalue weighted by Crippen LogP contribution is 2.26. The largest absolute Gasteiger partial charge is 0.338 e. The molecule has 1 aliphatic rings. The molecule has 0 spiro atoms. The first kappa shape index (κ1) is 22.4. The summed E-state index contributed by atoms with van der Waals surface area (Å²) in [7, 11) is -3.40. The molecule has 1 aliphatic heterocycles. The second-order valence-corrected chi connectivity index (χ2v) is 9.74. The predicted molar refractivity (Wildman–Crippen MR) is 117 cm³/mol. The lowest BCUT2D eigenvalue weighted by atomic mass is 9.90. The van der Waals surface area contributed by atoms with E-state index in [1.54, 1.807) is 6.07 Å². The summed E-state index contributed by atoms with van der Waals surface area (Å²) >= 11 is 0. The van der Waals surface area contributed by atoms with Crippen LogP contribution in [0.1, 0.15) is 38.2 Å². The number of hydrogen-bond donors (Lipinski definition) is 1. The van der Waals surface area contributed by atoms with Gasteiger partial charge in [0.05, 0.1) is 12.3 Å². The Morgan fingerprint density at radius 3 is 2.53 bits per heavy atom. The van der Waals surface area contributed by atoms with Crippen molar-refractivity contribution in [3.05, 3.63) is 59.9 Å². The van der Waals surface area contributed by atoms with Crippen molar-refractivity contribution in [2.75, 3.05) is 12.8 Å². The molecule has 1 fully saturated rings. The Labute approximate surface area is 178 Å². The van der Waals surface area contributed by atoms with E-state index in [1.807, 2.05) is 42.2 Å². The lowest BCUT2D eigenvalue weighted by Crippen LogP contribution is -2.57. The average Bonchev–Trinajstić information content (AvgIpc) is 2.68. The average molecular weight is 433 g/mol. The third kappa shape index (κ3) is 5.89. The highest BCUT2D eigenvalue weighted by atomic mass is 32.2. The maximum Gasteiger partial charge on any atom is 0.222 e. The van der Waals surface area contributed by atoms with Crippen LogP contribution in [0.15, 0.2) is 48.5 Å². The van der Waals surface area contributed by atoms with Crippen molar-refractivity contribution >= 4 is 15.9 Å². The lowest BCUT2D eigenvalue weighted by Gasteiger charge is -2.41. The van der Waals surface area contributed by atoms with Gasteiger partial charge in [0.25, 0.3) is 0 Å². The quantitative estimate of drug-likeness (QED) is 0.725. The van der Waals surface area contributed by atoms with Crippen LogP contribution in [0.25, 0.3) is 11.1 Å². The molecule has 1 saturated heterocycles. The third-order valence-corrected chi connectivity index (χ3v) is 6.19. The first-order valence-corrected chi connectivity index (χ1v) is 12.3. The van der Waals surface area contributed by atoms with Gasteiger partial charge in [0.15, 0.2) is 0 Å². The molecule has 2 aromatic rings. The molecule has 2 atom stereocenters. The summed E-state index contributed by atoms with van der Waals surface area (Å²) in [6, 6.07) is 13.6. The molecule has 1 heterocycles. The maximum absolute atomic E-state index is 13.6. The molecule has 1 N–H and O–H groups in total. The van der Waals surface area contributed by atoms with Gasteiger partial charge < -0.3 is 4.90 Å². The van der Waals surface area contributed by atoms with E-state index in [9.17, 15) is 17.6 Å². The monoisotopic (exact) mass is 432 g/mol. The minimum absolute atomic E-state index is 0.0591. The number of amides is 1. The number of sulfonamides is 1. The molecule has 7 heteroatoms. The van der Waals surface area contributed by atoms with Gasteiger partial charge in [0, 0.05) is 19.0 Å². The van der Waals surface area contributed by atoms with Crippen LogP contribution in [-0.2, 0) is 21.2 Å². The van der Waals surface area contributed by atoms with Crippen LogP contribution in [0, 0.1) is 5.82 Å². The number of benzene rings is 2. The molecular formula is C23H29FN2O3S. The summed E-state index contributed by atoms with van der Waals surface area (Å²) in [5.41, 5.74) is 2.66. The summed E-state index contributed by atoms with van der Waals surface area (Å²) in [5, 5.41) is 0. The number of carbonyl (C=O) groups is 1. The Kier molecular flexibility index (Phi) is 7.26. The summed E-state index contributed by atoms with van der Waals surface area (Å²) in [4.78, 5) is 14.6. The zero-order valence-electron chi connectivity index (χ0n) is 17.5. The van der Waals surface area contributed by atoms with Gasteiger partial charge in [-0.05, 0) is 54.5 Å². The van der Waals surface area contributed by atoms with Crippen LogP contribution in [0.3, 0.4) is 0 Å². The van der Waals surface area contributed by atoms with E-state index in [2.05, 4.69) is 4.72 Å². The first-order chi connectivity index (χ1) is 14.3. The molecule has 1 amide bonds. The van der Waals surface area contributed by atoms with Gasteiger partial charge in [-0.1, -0.05) is 43.3 Å². The van der Waals surface area contributed by atoms with Crippen LogP contribution < -0.4 is 4.72 Å². The molecule has 0 aliphatic carbocycles. The standard InChI is InChI=1S/C23H29FN2O3S/c1-3-7-23(27)26-13-6-12-21(25-30(2,28)29)22(26)15-17-8-4-9-18(14-17)19-10-5-11-20(24)16-19/h4-5,8-11,14,16,21-22,25H,3,6-7,12-13,15H2,1-2H3. The van der Waals surface area contributed by atoms with E-state index in [0.29, 0.717) is 25.8 Å². The van der Waals surface area contributed by atoms with Gasteiger partial charge in [0.2, 0.25) is 15.9 Å². The molecule has 2 aromatic carbocycles. The number of hydrogen-bond acceptors (Lipinski definition) is 3. The predicted octanol–water partition coefficient (Wildman–Crippen LogP) is 3.74. The first-order valence-electron chi connectivity index (χ1n) is 10.4. The van der Waals surface area contributed by atoms with E-state index in [1.165, 1.54) is 12.1 Å². The maximum atomic E-state index is 13.6. The molecular weight excluding hydrogens is 403 g/mol. The summed E-state index contributed by atoms with van der Waals surface area (Å²) in [5.74, 6) is -0.234. The van der Waals surface area contributed by atoms with Crippen molar-refractivity contribution in [2.24, 2.45) is 0 Å². The minimum Gasteiger partial charge on any atom is -0.338 e. The second kappa shape index (κ2) is 9.71. The Morgan fingerprint density at radius 2 is 1.87 bits per heavy atom. The molecule has 0 saturated carbocycles. The second-order valence-electron chi connectivity index (χ2n) is 7.96. The Hall–Kier alpha value is -2.25. The minimum atomic E-state index is -3.40. The van der Waals surface area contributed by atoms with Crippen LogP contribution >= 0.6 is 0 Å². The fraction of sp³-hybridized carbons (Fsp3) is 0.435. The number of carbonyl (C=O) groups excluding carboxylic acids is 1. The van der Waals surface area contributed by atoms with Crippen molar-refractivity contribution in [3.8, 4) is 11.1 Å². The van der Waals surface area contributed by atoms with Gasteiger partial charge in [0.1, 0.15) is 5.82 Å². The zero-order chi connectivity index (χ0) is 21.7. The summed E-state index contributed by atoms with van der Waals surface area (Å²) in [6.07, 6.45) is 4.35. The fourth-order valence-electron chi connectivity index (χ4n) is 4.18. The van der Waals surface area contributed by atoms with Crippen molar-refractivity contribution in [2.45, 2.75) is 51.1 Å². The Morgan fingerprint density at radius 1 is 1.17 bits per heavy atom. The highest BCUT2D eigenvalue weighted by Gasteiger charge is 2.35. The molecule has 0 bridgehead atoms. The normalized spacial score (nSPS) is 19.6. The van der Waals surface area contributed by atoms with Gasteiger partial charge in [-0.15, -0.1) is 0 Å². The number of rotatable bonds is 7. The smallest absolute Gasteiger partial charge is 0.222 e. The zero-order valence-corrected chi connectivity index (χ0v) is 18.3. The molecule has 3 rings (SSSR count). The topological polar surface area (TPSA) is 66.5 Å². The van der Waals surface area contributed by atoms with Crippen LogP contribution in [0.5, 0.6) is 0 Å². The number of nitrogens with one attached hydrogen (secondary N) is 1. The van der Waals surface area contributed by atoms with Crippen molar-refractivity contribution < 1.29 is 17.6 Å². The Balaban J connectivity index is 1.90. The molecule has 30 heavy (non-hydrogen) atoms. The Bertz CT molecular complexity index is 993. The molecule has 0 aromatic heterocycles. The summed E-state index contributed by atoms with van der Waals surface area (Å²) < 4.78 is 40.2.